The van der Waals surface area contributed by atoms with Gasteiger partial charge >= 0.3 is 0 Å². The third-order valence-electron chi connectivity index (χ3n) is 3.77. The fourth-order valence-electron chi connectivity index (χ4n) is 2.56. The topological polar surface area (TPSA) is 162 Å². The quantitative estimate of drug-likeness (QED) is 0.412. The molecule has 3 rings (SSSR count). The van der Waals surface area contributed by atoms with E-state index in [1.165, 1.54) is 48.5 Å². The molecule has 0 saturated carbocycles. The first-order valence-electron chi connectivity index (χ1n) is 7.36. The summed E-state index contributed by atoms with van der Waals surface area (Å²) in [7, 11) is -7.81. The van der Waals surface area contributed by atoms with E-state index >= 15 is 0 Å². The van der Waals surface area contributed by atoms with E-state index in [0.29, 0.717) is 0 Å². The number of amides is 2. The van der Waals surface area contributed by atoms with Gasteiger partial charge in [0.15, 0.2) is 0 Å². The molecule has 0 bridgehead atoms. The van der Waals surface area contributed by atoms with E-state index < -0.39 is 40.0 Å². The zero-order chi connectivity index (χ0) is 20.0. The van der Waals surface area contributed by atoms with Crippen LogP contribution in [0.25, 0.3) is 0 Å². The summed E-state index contributed by atoms with van der Waals surface area (Å²) in [6.07, 6.45) is -0.395. The summed E-state index contributed by atoms with van der Waals surface area (Å²) in [6.45, 7) is 0. The van der Waals surface area contributed by atoms with Crippen molar-refractivity contribution in [2.75, 3.05) is 10.0 Å². The predicted molar refractivity (Wildman–Crippen MR) is 100.0 cm³/mol. The van der Waals surface area contributed by atoms with Gasteiger partial charge in [0.1, 0.15) is 28.2 Å². The number of benzene rings is 2. The highest BCUT2D eigenvalue weighted by molar-refractivity contribution is 8.19. The second-order valence-corrected chi connectivity index (χ2v) is 8.63. The number of nitrogens with zero attached hydrogens (tertiary/aromatic N) is 2. The molecule has 2 amide bonds. The maximum absolute atomic E-state index is 12.3. The number of carbonyl (C=O) groups is 2. The number of hydrogen-bond acceptors (Lipinski definition) is 8. The molecule has 0 aliphatic carbocycles. The molecule has 1 aliphatic heterocycles. The fraction of sp³-hybridized carbons (Fsp3) is 0.0667. The molecule has 146 valence electrons. The third kappa shape index (κ3) is 3.92. The Kier molecular flexibility index (Phi) is 4.92. The van der Waals surface area contributed by atoms with Crippen molar-refractivity contribution in [3.05, 3.63) is 48.5 Å². The molecular weight excluding hydrogens is 400 g/mol. The molecule has 0 unspecified atom stereocenters. The summed E-state index contributed by atoms with van der Waals surface area (Å²) in [5, 5.41) is 2.14. The largest absolute Gasteiger partial charge is 0.304 e. The molecule has 1 fully saturated rings. The van der Waals surface area contributed by atoms with Gasteiger partial charge in [0.25, 0.3) is 11.8 Å². The van der Waals surface area contributed by atoms with Crippen LogP contribution in [0.3, 0.4) is 0 Å². The average molecular weight is 416 g/mol. The minimum absolute atomic E-state index is 0.145. The van der Waals surface area contributed by atoms with Crippen molar-refractivity contribution in [1.29, 1.82) is 0 Å². The Labute approximate surface area is 157 Å². The number of anilines is 2. The summed E-state index contributed by atoms with van der Waals surface area (Å²) < 4.78 is 55.5. The summed E-state index contributed by atoms with van der Waals surface area (Å²) in [5.74, 6) is -1.06. The van der Waals surface area contributed by atoms with Gasteiger partial charge in [0.05, 0.1) is 21.2 Å². The molecule has 12 heteroatoms. The molecule has 2 aromatic carbocycles. The molecule has 2 aromatic rings. The molecule has 1 aliphatic rings. The van der Waals surface area contributed by atoms with Gasteiger partial charge in [-0.3, -0.25) is 9.59 Å². The molecule has 0 atom stereocenters. The van der Waals surface area contributed by atoms with Crippen LogP contribution in [0.2, 0.25) is 0 Å². The normalized spacial score (nSPS) is 16.8. The van der Waals surface area contributed by atoms with Crippen LogP contribution in [-0.2, 0) is 9.59 Å². The molecule has 10 nitrogen and oxygen atoms in total. The van der Waals surface area contributed by atoms with E-state index in [9.17, 15) is 36.9 Å². The standard InChI is InChI=1S/C15H16N2O8S2/c18-14-9-15(19)17(11-3-7-13(8-4-11)27(23,24)25)16(14)10-1-5-12(6-2-10)26(20,21)22/h1-8,20-25H,9H2. The van der Waals surface area contributed by atoms with Crippen LogP contribution in [0.1, 0.15) is 6.42 Å². The van der Waals surface area contributed by atoms with Gasteiger partial charge in [-0.2, -0.15) is 0 Å². The van der Waals surface area contributed by atoms with Crippen molar-refractivity contribution >= 4 is 44.9 Å². The smallest absolute Gasteiger partial charge is 0.255 e. The molecule has 0 aromatic heterocycles. The van der Waals surface area contributed by atoms with E-state index in [4.69, 9.17) is 0 Å². The third-order valence-corrected chi connectivity index (χ3v) is 5.58. The Morgan fingerprint density at radius 3 is 1.15 bits per heavy atom. The molecule has 27 heavy (non-hydrogen) atoms. The van der Waals surface area contributed by atoms with Gasteiger partial charge < -0.3 is 27.3 Å². The highest BCUT2D eigenvalue weighted by Gasteiger charge is 2.38. The monoisotopic (exact) mass is 416 g/mol. The van der Waals surface area contributed by atoms with E-state index in [1.54, 1.807) is 0 Å². The lowest BCUT2D eigenvalue weighted by atomic mass is 10.3. The van der Waals surface area contributed by atoms with E-state index in [2.05, 4.69) is 0 Å². The van der Waals surface area contributed by atoms with Crippen LogP contribution in [0.15, 0.2) is 58.3 Å². The number of carbonyl (C=O) groups excluding carboxylic acids is 2. The number of hydrazine groups is 1. The first-order valence-corrected chi connectivity index (χ1v) is 10.4. The van der Waals surface area contributed by atoms with Gasteiger partial charge in [-0.15, -0.1) is 0 Å². The van der Waals surface area contributed by atoms with Crippen molar-refractivity contribution in [2.45, 2.75) is 16.2 Å². The summed E-state index contributed by atoms with van der Waals surface area (Å²) >= 11 is 0. The van der Waals surface area contributed by atoms with Gasteiger partial charge in [0, 0.05) is 0 Å². The maximum Gasteiger partial charge on any atom is 0.255 e. The first kappa shape index (κ1) is 19.6. The fourth-order valence-corrected chi connectivity index (χ4v) is 3.56. The van der Waals surface area contributed by atoms with Crippen molar-refractivity contribution < 1.29 is 36.9 Å². The summed E-state index contributed by atoms with van der Waals surface area (Å²) in [4.78, 5) is 24.3. The molecule has 6 N–H and O–H groups in total. The van der Waals surface area contributed by atoms with Crippen LogP contribution in [0.5, 0.6) is 0 Å². The summed E-state index contributed by atoms with van der Waals surface area (Å²) in [5.41, 5.74) is 0.488. The van der Waals surface area contributed by atoms with Gasteiger partial charge in [-0.25, -0.2) is 10.0 Å². The maximum atomic E-state index is 12.3. The van der Waals surface area contributed by atoms with Gasteiger partial charge in [-0.1, -0.05) is 0 Å². The molecule has 0 spiro atoms. The van der Waals surface area contributed by atoms with Gasteiger partial charge in [0.2, 0.25) is 0 Å². The van der Waals surface area contributed by atoms with Crippen LogP contribution >= 0.6 is 21.7 Å². The zero-order valence-electron chi connectivity index (χ0n) is 13.5. The number of hydrogen-bond donors (Lipinski definition) is 6. The molecule has 1 heterocycles. The van der Waals surface area contributed by atoms with E-state index in [1.807, 2.05) is 0 Å². The number of rotatable bonds is 4. The minimum atomic E-state index is -3.90. The Morgan fingerprint density at radius 2 is 0.889 bits per heavy atom. The van der Waals surface area contributed by atoms with Crippen LogP contribution < -0.4 is 10.0 Å². The van der Waals surface area contributed by atoms with Crippen molar-refractivity contribution in [1.82, 2.24) is 0 Å². The average Bonchev–Trinajstić information content (AvgIpc) is 2.87. The van der Waals surface area contributed by atoms with E-state index in [-0.39, 0.29) is 21.2 Å². The Hall–Kier alpha value is -2.16. The lowest BCUT2D eigenvalue weighted by Gasteiger charge is -2.29. The minimum Gasteiger partial charge on any atom is -0.304 e. The van der Waals surface area contributed by atoms with Crippen molar-refractivity contribution in [3.8, 4) is 0 Å². The Bertz CT molecular complexity index is 801. The van der Waals surface area contributed by atoms with Crippen molar-refractivity contribution in [3.63, 3.8) is 0 Å². The lowest BCUT2D eigenvalue weighted by molar-refractivity contribution is -0.121. The highest BCUT2D eigenvalue weighted by atomic mass is 32.3. The zero-order valence-corrected chi connectivity index (χ0v) is 15.2. The molecular formula is C15H16N2O8S2. The molecule has 1 saturated heterocycles. The second kappa shape index (κ2) is 6.78. The van der Waals surface area contributed by atoms with E-state index in [0.717, 1.165) is 10.0 Å². The second-order valence-electron chi connectivity index (χ2n) is 5.61. The molecule has 0 radical (unpaired) electrons. The predicted octanol–water partition coefficient (Wildman–Crippen LogP) is 3.54. The van der Waals surface area contributed by atoms with Crippen molar-refractivity contribution in [2.24, 2.45) is 0 Å². The van der Waals surface area contributed by atoms with Gasteiger partial charge in [-0.05, 0) is 48.5 Å². The Morgan fingerprint density at radius 1 is 0.593 bits per heavy atom. The van der Waals surface area contributed by atoms with Crippen LogP contribution in [-0.4, -0.2) is 39.1 Å². The SMILES string of the molecule is O=C1CC(=O)N(c2ccc(S(O)(O)O)cc2)N1c1ccc(S(O)(O)O)cc1. The highest BCUT2D eigenvalue weighted by Crippen LogP contribution is 2.45. The van der Waals surface area contributed by atoms with Crippen LogP contribution in [0, 0.1) is 0 Å². The lowest BCUT2D eigenvalue weighted by Crippen LogP contribution is -2.41. The summed E-state index contributed by atoms with van der Waals surface area (Å²) in [6, 6.07) is 10.2. The first-order chi connectivity index (χ1) is 12.5. The Balaban J connectivity index is 1.96. The van der Waals surface area contributed by atoms with Crippen LogP contribution in [0.4, 0.5) is 11.4 Å².